The fraction of sp³-hybridized carbons (Fsp3) is 0.636. The molecule has 1 atom stereocenters. The number of piperidine rings is 1. The first-order valence-electron chi connectivity index (χ1n) is 10.0. The summed E-state index contributed by atoms with van der Waals surface area (Å²) in [6, 6.07) is 9.60. The van der Waals surface area contributed by atoms with Crippen LogP contribution in [0, 0.1) is 5.92 Å². The van der Waals surface area contributed by atoms with Crippen molar-refractivity contribution in [1.29, 1.82) is 0 Å². The Kier molecular flexibility index (Phi) is 7.47. The Morgan fingerprint density at radius 2 is 1.68 bits per heavy atom. The third-order valence-corrected chi connectivity index (χ3v) is 5.04. The summed E-state index contributed by atoms with van der Waals surface area (Å²) in [5.41, 5.74) is 0.531. The molecule has 2 amide bonds. The van der Waals surface area contributed by atoms with Crippen molar-refractivity contribution in [3.63, 3.8) is 0 Å². The number of rotatable bonds is 5. The minimum absolute atomic E-state index is 0.103. The first-order chi connectivity index (χ1) is 13.1. The summed E-state index contributed by atoms with van der Waals surface area (Å²) in [5.74, 6) is 0.497. The fourth-order valence-electron chi connectivity index (χ4n) is 3.61. The topological polar surface area (TPSA) is 53.1 Å². The summed E-state index contributed by atoms with van der Waals surface area (Å²) in [6.45, 7) is 7.71. The first kappa shape index (κ1) is 22.2. The number of hydrogen-bond donors (Lipinski definition) is 0. The molecule has 1 fully saturated rings. The van der Waals surface area contributed by atoms with Crippen molar-refractivity contribution < 1.29 is 14.3 Å². The van der Waals surface area contributed by atoms with Crippen LogP contribution in [0.15, 0.2) is 30.3 Å². The number of ether oxygens (including phenoxy) is 1. The predicted octanol–water partition coefficient (Wildman–Crippen LogP) is 3.39. The van der Waals surface area contributed by atoms with Crippen LogP contribution in [0.4, 0.5) is 4.79 Å². The van der Waals surface area contributed by atoms with Crippen LogP contribution in [0.25, 0.3) is 0 Å². The molecule has 1 aromatic rings. The number of nitrogens with zero attached hydrogens (tertiary/aromatic N) is 3. The number of hydrogen-bond acceptors (Lipinski definition) is 4. The van der Waals surface area contributed by atoms with E-state index in [1.807, 2.05) is 82.0 Å². The molecule has 0 radical (unpaired) electrons. The second-order valence-electron chi connectivity index (χ2n) is 8.91. The number of amides is 2. The molecule has 156 valence electrons. The molecule has 0 aliphatic carbocycles. The van der Waals surface area contributed by atoms with Gasteiger partial charge in [-0.05, 0) is 59.2 Å². The van der Waals surface area contributed by atoms with Crippen molar-refractivity contribution in [2.24, 2.45) is 5.92 Å². The second-order valence-corrected chi connectivity index (χ2v) is 8.91. The van der Waals surface area contributed by atoms with Gasteiger partial charge in [-0.25, -0.2) is 4.79 Å². The van der Waals surface area contributed by atoms with Gasteiger partial charge in [-0.15, -0.1) is 0 Å². The number of likely N-dealkylation sites (N-methyl/N-ethyl adjacent to an activating group) is 2. The van der Waals surface area contributed by atoms with Gasteiger partial charge < -0.3 is 14.5 Å². The average Bonchev–Trinajstić information content (AvgIpc) is 2.61. The summed E-state index contributed by atoms with van der Waals surface area (Å²) >= 11 is 0. The molecule has 6 nitrogen and oxygen atoms in total. The average molecular weight is 390 g/mol. The number of benzene rings is 1. The normalized spacial score (nSPS) is 16.8. The first-order valence-corrected chi connectivity index (χ1v) is 10.0. The molecule has 1 aliphatic heterocycles. The summed E-state index contributed by atoms with van der Waals surface area (Å²) in [5, 5.41) is 0. The molecular formula is C22H35N3O3. The van der Waals surface area contributed by atoms with Gasteiger partial charge in [-0.1, -0.05) is 30.3 Å². The zero-order chi connectivity index (χ0) is 20.9. The van der Waals surface area contributed by atoms with E-state index in [4.69, 9.17) is 4.74 Å². The second kappa shape index (κ2) is 9.41. The highest BCUT2D eigenvalue weighted by Gasteiger charge is 2.30. The maximum absolute atomic E-state index is 13.1. The summed E-state index contributed by atoms with van der Waals surface area (Å²) in [4.78, 5) is 30.9. The fourth-order valence-corrected chi connectivity index (χ4v) is 3.61. The van der Waals surface area contributed by atoms with E-state index in [9.17, 15) is 9.59 Å². The van der Waals surface area contributed by atoms with Crippen molar-refractivity contribution in [2.45, 2.75) is 45.3 Å². The van der Waals surface area contributed by atoms with Gasteiger partial charge in [-0.2, -0.15) is 0 Å². The van der Waals surface area contributed by atoms with E-state index in [1.54, 1.807) is 4.90 Å². The Hall–Kier alpha value is -2.08. The molecule has 28 heavy (non-hydrogen) atoms. The quantitative estimate of drug-likeness (QED) is 0.775. The van der Waals surface area contributed by atoms with E-state index >= 15 is 0 Å². The largest absolute Gasteiger partial charge is 0.444 e. The van der Waals surface area contributed by atoms with E-state index in [2.05, 4.69) is 0 Å². The van der Waals surface area contributed by atoms with E-state index in [0.717, 1.165) is 18.4 Å². The van der Waals surface area contributed by atoms with Crippen LogP contribution in [0.1, 0.15) is 45.2 Å². The van der Waals surface area contributed by atoms with Gasteiger partial charge in [-0.3, -0.25) is 9.69 Å². The van der Waals surface area contributed by atoms with E-state index in [-0.39, 0.29) is 18.0 Å². The van der Waals surface area contributed by atoms with Crippen LogP contribution >= 0.6 is 0 Å². The van der Waals surface area contributed by atoms with Crippen LogP contribution < -0.4 is 0 Å². The van der Waals surface area contributed by atoms with Gasteiger partial charge in [0.1, 0.15) is 11.6 Å². The summed E-state index contributed by atoms with van der Waals surface area (Å²) < 4.78 is 5.46. The van der Waals surface area contributed by atoms with Gasteiger partial charge in [0, 0.05) is 26.7 Å². The lowest BCUT2D eigenvalue weighted by Gasteiger charge is -2.36. The SMILES string of the molecule is CN(CC1CCN(C(=O)OC(C)(C)C)CC1)C(=O)C(c1ccccc1)N(C)C. The van der Waals surface area contributed by atoms with Crippen LogP contribution in [0.2, 0.25) is 0 Å². The van der Waals surface area contributed by atoms with Crippen LogP contribution in [-0.4, -0.2) is 73.1 Å². The molecule has 1 heterocycles. The maximum atomic E-state index is 13.1. The van der Waals surface area contributed by atoms with E-state index in [0.29, 0.717) is 25.6 Å². The zero-order valence-corrected chi connectivity index (χ0v) is 18.1. The molecule has 1 aromatic carbocycles. The Balaban J connectivity index is 1.90. The third-order valence-electron chi connectivity index (χ3n) is 5.04. The van der Waals surface area contributed by atoms with Gasteiger partial charge in [0.15, 0.2) is 0 Å². The number of carbonyl (C=O) groups is 2. The van der Waals surface area contributed by atoms with Crippen LogP contribution in [0.5, 0.6) is 0 Å². The molecule has 1 saturated heterocycles. The Labute approximate surface area is 169 Å². The minimum Gasteiger partial charge on any atom is -0.444 e. The molecular weight excluding hydrogens is 354 g/mol. The molecule has 2 rings (SSSR count). The number of likely N-dealkylation sites (tertiary alicyclic amines) is 1. The summed E-state index contributed by atoms with van der Waals surface area (Å²) in [7, 11) is 5.74. The van der Waals surface area contributed by atoms with Crippen LogP contribution in [-0.2, 0) is 9.53 Å². The van der Waals surface area contributed by atoms with Crippen molar-refractivity contribution in [3.8, 4) is 0 Å². The molecule has 0 spiro atoms. The van der Waals surface area contributed by atoms with Crippen molar-refractivity contribution >= 4 is 12.0 Å². The standard InChI is InChI=1S/C22H35N3O3/c1-22(2,3)28-21(27)25-14-12-17(13-15-25)16-24(6)20(26)19(23(4)5)18-10-8-7-9-11-18/h7-11,17,19H,12-16H2,1-6H3. The highest BCUT2D eigenvalue weighted by atomic mass is 16.6. The lowest BCUT2D eigenvalue weighted by atomic mass is 9.96. The highest BCUT2D eigenvalue weighted by molar-refractivity contribution is 5.83. The lowest BCUT2D eigenvalue weighted by molar-refractivity contribution is -0.135. The van der Waals surface area contributed by atoms with Gasteiger partial charge in [0.2, 0.25) is 5.91 Å². The maximum Gasteiger partial charge on any atom is 0.410 e. The highest BCUT2D eigenvalue weighted by Crippen LogP contribution is 2.24. The molecule has 0 aromatic heterocycles. The Bertz CT molecular complexity index is 647. The van der Waals surface area contributed by atoms with E-state index < -0.39 is 5.60 Å². The zero-order valence-electron chi connectivity index (χ0n) is 18.1. The van der Waals surface area contributed by atoms with Gasteiger partial charge in [0.05, 0.1) is 0 Å². The molecule has 0 N–H and O–H groups in total. The Morgan fingerprint density at radius 3 is 2.18 bits per heavy atom. The van der Waals surface area contributed by atoms with Crippen LogP contribution in [0.3, 0.4) is 0 Å². The van der Waals surface area contributed by atoms with Crippen molar-refractivity contribution in [1.82, 2.24) is 14.7 Å². The predicted molar refractivity (Wildman–Crippen MR) is 111 cm³/mol. The van der Waals surface area contributed by atoms with E-state index in [1.165, 1.54) is 0 Å². The van der Waals surface area contributed by atoms with Gasteiger partial charge in [0.25, 0.3) is 0 Å². The number of carbonyl (C=O) groups excluding carboxylic acids is 2. The third kappa shape index (κ3) is 6.23. The molecule has 0 bridgehead atoms. The van der Waals surface area contributed by atoms with Crippen molar-refractivity contribution in [2.75, 3.05) is 40.8 Å². The van der Waals surface area contributed by atoms with Crippen molar-refractivity contribution in [3.05, 3.63) is 35.9 Å². The Morgan fingerprint density at radius 1 is 1.11 bits per heavy atom. The minimum atomic E-state index is -0.473. The molecule has 1 aliphatic rings. The smallest absolute Gasteiger partial charge is 0.410 e. The summed E-state index contributed by atoms with van der Waals surface area (Å²) in [6.07, 6.45) is 1.52. The molecule has 1 unspecified atom stereocenters. The monoisotopic (exact) mass is 389 g/mol. The molecule has 0 saturated carbocycles. The lowest BCUT2D eigenvalue weighted by Crippen LogP contribution is -2.45. The molecule has 6 heteroatoms. The van der Waals surface area contributed by atoms with Gasteiger partial charge >= 0.3 is 6.09 Å².